The number of rotatable bonds is 6. The molecule has 0 aliphatic rings. The first-order chi connectivity index (χ1) is 7.69. The van der Waals surface area contributed by atoms with E-state index >= 15 is 0 Å². The van der Waals surface area contributed by atoms with Gasteiger partial charge in [0.25, 0.3) is 5.91 Å². The molecular formula is C11H18N2O2S. The van der Waals surface area contributed by atoms with Crippen molar-refractivity contribution in [2.45, 2.75) is 25.8 Å². The standard InChI is InChI=1S/C11H18N2O2S/c1-3-4-8(7-15-2)13-11(14)10-9(12)5-6-16-10/h5-6,8H,3-4,7,12H2,1-2H3,(H,13,14). The number of carbonyl (C=O) groups excluding carboxylic acids is 1. The quantitative estimate of drug-likeness (QED) is 0.800. The average Bonchev–Trinajstić information content (AvgIpc) is 2.65. The second-order valence-electron chi connectivity index (χ2n) is 3.62. The Labute approximate surface area is 99.8 Å². The Hall–Kier alpha value is -1.07. The molecule has 0 fully saturated rings. The predicted octanol–water partition coefficient (Wildman–Crippen LogP) is 1.88. The van der Waals surface area contributed by atoms with Gasteiger partial charge in [0.05, 0.1) is 18.3 Å². The molecular weight excluding hydrogens is 224 g/mol. The largest absolute Gasteiger partial charge is 0.397 e. The first-order valence-corrected chi connectivity index (χ1v) is 6.19. The van der Waals surface area contributed by atoms with Crippen molar-refractivity contribution in [1.82, 2.24) is 5.32 Å². The summed E-state index contributed by atoms with van der Waals surface area (Å²) in [7, 11) is 1.63. The van der Waals surface area contributed by atoms with Crippen LogP contribution in [0.1, 0.15) is 29.4 Å². The van der Waals surface area contributed by atoms with Gasteiger partial charge in [0.15, 0.2) is 0 Å². The van der Waals surface area contributed by atoms with E-state index < -0.39 is 0 Å². The molecule has 3 N–H and O–H groups in total. The summed E-state index contributed by atoms with van der Waals surface area (Å²) in [5.41, 5.74) is 6.22. The van der Waals surface area contributed by atoms with Crippen LogP contribution in [0.2, 0.25) is 0 Å². The average molecular weight is 242 g/mol. The Morgan fingerprint density at radius 3 is 2.94 bits per heavy atom. The third-order valence-corrected chi connectivity index (χ3v) is 3.17. The molecule has 0 spiro atoms. The lowest BCUT2D eigenvalue weighted by Gasteiger charge is -2.16. The minimum atomic E-state index is -0.108. The number of nitrogen functional groups attached to an aromatic ring is 1. The SMILES string of the molecule is CCCC(COC)NC(=O)c1sccc1N. The van der Waals surface area contributed by atoms with Crippen molar-refractivity contribution in [2.24, 2.45) is 0 Å². The van der Waals surface area contributed by atoms with Gasteiger partial charge in [-0.1, -0.05) is 13.3 Å². The fourth-order valence-corrected chi connectivity index (χ4v) is 2.22. The van der Waals surface area contributed by atoms with Crippen molar-refractivity contribution in [1.29, 1.82) is 0 Å². The van der Waals surface area contributed by atoms with Gasteiger partial charge in [0.1, 0.15) is 4.88 Å². The second-order valence-corrected chi connectivity index (χ2v) is 4.54. The van der Waals surface area contributed by atoms with Crippen LogP contribution in [0.4, 0.5) is 5.69 Å². The van der Waals surface area contributed by atoms with Crippen molar-refractivity contribution in [3.05, 3.63) is 16.3 Å². The molecule has 1 unspecified atom stereocenters. The van der Waals surface area contributed by atoms with Gasteiger partial charge in [-0.15, -0.1) is 11.3 Å². The van der Waals surface area contributed by atoms with Gasteiger partial charge in [-0.05, 0) is 17.9 Å². The summed E-state index contributed by atoms with van der Waals surface area (Å²) in [5.74, 6) is -0.108. The summed E-state index contributed by atoms with van der Waals surface area (Å²) < 4.78 is 5.06. The lowest BCUT2D eigenvalue weighted by Crippen LogP contribution is -2.37. The van der Waals surface area contributed by atoms with Crippen LogP contribution in [0.3, 0.4) is 0 Å². The second kappa shape index (κ2) is 6.50. The van der Waals surface area contributed by atoms with Crippen LogP contribution in [-0.2, 0) is 4.74 Å². The Kier molecular flexibility index (Phi) is 5.28. The van der Waals surface area contributed by atoms with Gasteiger partial charge in [-0.2, -0.15) is 0 Å². The normalized spacial score (nSPS) is 12.4. The van der Waals surface area contributed by atoms with E-state index in [9.17, 15) is 4.79 Å². The molecule has 16 heavy (non-hydrogen) atoms. The zero-order valence-corrected chi connectivity index (χ0v) is 10.5. The molecule has 1 rings (SSSR count). The Balaban J connectivity index is 2.58. The molecule has 1 atom stereocenters. The number of methoxy groups -OCH3 is 1. The predicted molar refractivity (Wildman–Crippen MR) is 66.8 cm³/mol. The highest BCUT2D eigenvalue weighted by Gasteiger charge is 2.15. The summed E-state index contributed by atoms with van der Waals surface area (Å²) in [6, 6.07) is 1.80. The minimum absolute atomic E-state index is 0.0593. The van der Waals surface area contributed by atoms with Gasteiger partial charge >= 0.3 is 0 Å². The molecule has 0 aliphatic heterocycles. The highest BCUT2D eigenvalue weighted by molar-refractivity contribution is 7.12. The molecule has 0 radical (unpaired) electrons. The van der Waals surface area contributed by atoms with Crippen molar-refractivity contribution >= 4 is 22.9 Å². The Morgan fingerprint density at radius 1 is 1.69 bits per heavy atom. The number of thiophene rings is 1. The van der Waals surface area contributed by atoms with Crippen LogP contribution in [0.5, 0.6) is 0 Å². The number of amides is 1. The zero-order valence-electron chi connectivity index (χ0n) is 9.66. The number of hydrogen-bond acceptors (Lipinski definition) is 4. The van der Waals surface area contributed by atoms with E-state index in [4.69, 9.17) is 10.5 Å². The van der Waals surface area contributed by atoms with Gasteiger partial charge < -0.3 is 15.8 Å². The summed E-state index contributed by atoms with van der Waals surface area (Å²) in [5, 5.41) is 4.74. The van der Waals surface area contributed by atoms with Crippen molar-refractivity contribution < 1.29 is 9.53 Å². The summed E-state index contributed by atoms with van der Waals surface area (Å²) in [6.07, 6.45) is 1.92. The van der Waals surface area contributed by atoms with Crippen molar-refractivity contribution in [3.63, 3.8) is 0 Å². The van der Waals surface area contributed by atoms with E-state index in [0.29, 0.717) is 17.2 Å². The highest BCUT2D eigenvalue weighted by Crippen LogP contribution is 2.18. The fraction of sp³-hybridized carbons (Fsp3) is 0.545. The maximum Gasteiger partial charge on any atom is 0.263 e. The molecule has 1 amide bonds. The van der Waals surface area contributed by atoms with Gasteiger partial charge in [-0.3, -0.25) is 4.79 Å². The lowest BCUT2D eigenvalue weighted by atomic mass is 10.2. The number of ether oxygens (including phenoxy) is 1. The third kappa shape index (κ3) is 3.50. The monoisotopic (exact) mass is 242 g/mol. The van der Waals surface area contributed by atoms with E-state index in [1.807, 2.05) is 5.38 Å². The van der Waals surface area contributed by atoms with E-state index in [1.54, 1.807) is 13.2 Å². The van der Waals surface area contributed by atoms with E-state index in [2.05, 4.69) is 12.2 Å². The van der Waals surface area contributed by atoms with Crippen molar-refractivity contribution in [3.8, 4) is 0 Å². The van der Waals surface area contributed by atoms with E-state index in [-0.39, 0.29) is 11.9 Å². The molecule has 5 heteroatoms. The van der Waals surface area contributed by atoms with Gasteiger partial charge in [-0.25, -0.2) is 0 Å². The van der Waals surface area contributed by atoms with Crippen LogP contribution in [0.15, 0.2) is 11.4 Å². The number of nitrogens with one attached hydrogen (secondary N) is 1. The maximum atomic E-state index is 11.9. The molecule has 0 bridgehead atoms. The van der Waals surface area contributed by atoms with Crippen LogP contribution in [0.25, 0.3) is 0 Å². The molecule has 1 aromatic rings. The van der Waals surface area contributed by atoms with Gasteiger partial charge in [0, 0.05) is 7.11 Å². The molecule has 0 aromatic carbocycles. The van der Waals surface area contributed by atoms with Gasteiger partial charge in [0.2, 0.25) is 0 Å². The Bertz CT molecular complexity index is 332. The molecule has 1 heterocycles. The number of carbonyl (C=O) groups is 1. The molecule has 90 valence electrons. The number of anilines is 1. The summed E-state index contributed by atoms with van der Waals surface area (Å²) in [6.45, 7) is 2.61. The van der Waals surface area contributed by atoms with Crippen LogP contribution < -0.4 is 11.1 Å². The first kappa shape index (κ1) is 13.0. The maximum absolute atomic E-state index is 11.9. The fourth-order valence-electron chi connectivity index (χ4n) is 1.50. The lowest BCUT2D eigenvalue weighted by molar-refractivity contribution is 0.0896. The number of nitrogens with two attached hydrogens (primary N) is 1. The highest BCUT2D eigenvalue weighted by atomic mass is 32.1. The smallest absolute Gasteiger partial charge is 0.263 e. The Morgan fingerprint density at radius 2 is 2.44 bits per heavy atom. The summed E-state index contributed by atoms with van der Waals surface area (Å²) in [4.78, 5) is 12.4. The topological polar surface area (TPSA) is 64.3 Å². The zero-order chi connectivity index (χ0) is 12.0. The molecule has 0 aliphatic carbocycles. The molecule has 0 saturated carbocycles. The molecule has 1 aromatic heterocycles. The number of hydrogen-bond donors (Lipinski definition) is 2. The van der Waals surface area contributed by atoms with E-state index in [0.717, 1.165) is 12.8 Å². The first-order valence-electron chi connectivity index (χ1n) is 5.31. The minimum Gasteiger partial charge on any atom is -0.397 e. The molecule has 4 nitrogen and oxygen atoms in total. The van der Waals surface area contributed by atoms with Crippen LogP contribution in [-0.4, -0.2) is 25.7 Å². The van der Waals surface area contributed by atoms with Crippen molar-refractivity contribution in [2.75, 3.05) is 19.5 Å². The van der Waals surface area contributed by atoms with E-state index in [1.165, 1.54) is 11.3 Å². The van der Waals surface area contributed by atoms with Crippen LogP contribution in [0, 0.1) is 0 Å². The third-order valence-electron chi connectivity index (χ3n) is 2.24. The van der Waals surface area contributed by atoms with Crippen LogP contribution >= 0.6 is 11.3 Å². The summed E-state index contributed by atoms with van der Waals surface area (Å²) >= 11 is 1.36. The molecule has 0 saturated heterocycles.